The van der Waals surface area contributed by atoms with E-state index in [0.29, 0.717) is 34.0 Å². The molecule has 0 aliphatic carbocycles. The van der Waals surface area contributed by atoms with E-state index in [-0.39, 0.29) is 76.1 Å². The van der Waals surface area contributed by atoms with E-state index < -0.39 is 0 Å². The summed E-state index contributed by atoms with van der Waals surface area (Å²) in [7, 11) is 3.08. The van der Waals surface area contributed by atoms with Crippen LogP contribution in [-0.2, 0) is 24.7 Å². The zero-order valence-electron chi connectivity index (χ0n) is 13.5. The number of aliphatic hydroxyl groups excluding tert-OH is 2. The first-order chi connectivity index (χ1) is 11.5. The zero-order valence-corrected chi connectivity index (χ0v) is 15.1. The van der Waals surface area contributed by atoms with Crippen LogP contribution >= 0.6 is 21.6 Å². The molecule has 0 amide bonds. The van der Waals surface area contributed by atoms with Gasteiger partial charge in [-0.1, -0.05) is 21.6 Å². The van der Waals surface area contributed by atoms with Crippen LogP contribution in [0.2, 0.25) is 0 Å². The molecular formula is C16H21KN2O4S2. The SMILES string of the molecule is Cc1ncc(CSSCc2cnc(C)c(O)c2CO)c(CO)c1O.[KH]. The monoisotopic (exact) mass is 408 g/mol. The van der Waals surface area contributed by atoms with Gasteiger partial charge in [0.15, 0.2) is 0 Å². The molecule has 9 heteroatoms. The van der Waals surface area contributed by atoms with Crippen molar-refractivity contribution in [1.82, 2.24) is 9.97 Å². The molecule has 0 fully saturated rings. The van der Waals surface area contributed by atoms with Crippen LogP contribution in [0, 0.1) is 13.8 Å². The number of aromatic hydroxyl groups is 2. The van der Waals surface area contributed by atoms with Gasteiger partial charge in [0.2, 0.25) is 0 Å². The molecule has 6 nitrogen and oxygen atoms in total. The Kier molecular flexibility index (Phi) is 10.3. The Bertz CT molecular complexity index is 670. The van der Waals surface area contributed by atoms with Crippen molar-refractivity contribution < 1.29 is 20.4 Å². The summed E-state index contributed by atoms with van der Waals surface area (Å²) in [5.41, 5.74) is 3.56. The summed E-state index contributed by atoms with van der Waals surface area (Å²) < 4.78 is 0. The molecule has 2 aromatic rings. The zero-order chi connectivity index (χ0) is 17.7. The number of aryl methyl sites for hydroxylation is 2. The van der Waals surface area contributed by atoms with Gasteiger partial charge in [-0.3, -0.25) is 9.97 Å². The number of nitrogens with zero attached hydrogens (tertiary/aromatic N) is 2. The summed E-state index contributed by atoms with van der Waals surface area (Å²) in [5, 5.41) is 38.7. The molecule has 0 aromatic carbocycles. The normalized spacial score (nSPS) is 10.6. The molecule has 2 rings (SSSR count). The van der Waals surface area contributed by atoms with Crippen molar-refractivity contribution in [2.45, 2.75) is 38.6 Å². The fourth-order valence-corrected chi connectivity index (χ4v) is 4.36. The van der Waals surface area contributed by atoms with E-state index in [0.717, 1.165) is 11.1 Å². The van der Waals surface area contributed by atoms with Crippen molar-refractivity contribution in [3.63, 3.8) is 0 Å². The average Bonchev–Trinajstić information content (AvgIpc) is 2.58. The molecule has 2 heterocycles. The Balaban J connectivity index is 0.00000312. The van der Waals surface area contributed by atoms with Crippen molar-refractivity contribution in [2.75, 3.05) is 0 Å². The van der Waals surface area contributed by atoms with Crippen LogP contribution in [-0.4, -0.2) is 81.8 Å². The molecule has 0 aliphatic rings. The van der Waals surface area contributed by atoms with Crippen LogP contribution in [0.4, 0.5) is 0 Å². The van der Waals surface area contributed by atoms with Crippen molar-refractivity contribution in [2.24, 2.45) is 0 Å². The summed E-state index contributed by atoms with van der Waals surface area (Å²) in [6, 6.07) is 0. The van der Waals surface area contributed by atoms with E-state index in [2.05, 4.69) is 9.97 Å². The van der Waals surface area contributed by atoms with Gasteiger partial charge in [0.05, 0.1) is 24.6 Å². The molecule has 0 unspecified atom stereocenters. The molecule has 132 valence electrons. The maximum atomic E-state index is 9.94. The van der Waals surface area contributed by atoms with Gasteiger partial charge in [-0.25, -0.2) is 0 Å². The van der Waals surface area contributed by atoms with Crippen LogP contribution in [0.3, 0.4) is 0 Å². The first-order valence-corrected chi connectivity index (χ1v) is 9.77. The fourth-order valence-electron chi connectivity index (χ4n) is 2.18. The quantitative estimate of drug-likeness (QED) is 0.313. The number of hydrogen-bond donors (Lipinski definition) is 4. The Hall–Kier alpha value is 0.156. The Morgan fingerprint density at radius 1 is 0.800 bits per heavy atom. The minimum atomic E-state index is -0.236. The predicted octanol–water partition coefficient (Wildman–Crippen LogP) is 1.92. The first-order valence-electron chi connectivity index (χ1n) is 7.28. The van der Waals surface area contributed by atoms with Crippen LogP contribution in [0.25, 0.3) is 0 Å². The second kappa shape index (κ2) is 11.1. The topological polar surface area (TPSA) is 107 Å². The van der Waals surface area contributed by atoms with Gasteiger partial charge >= 0.3 is 51.4 Å². The number of rotatable bonds is 7. The van der Waals surface area contributed by atoms with Gasteiger partial charge in [0.1, 0.15) is 11.5 Å². The van der Waals surface area contributed by atoms with Gasteiger partial charge in [-0.15, -0.1) is 0 Å². The third-order valence-electron chi connectivity index (χ3n) is 3.69. The number of aliphatic hydroxyl groups is 2. The van der Waals surface area contributed by atoms with Crippen LogP contribution < -0.4 is 0 Å². The Morgan fingerprint density at radius 3 is 1.48 bits per heavy atom. The molecule has 4 N–H and O–H groups in total. The van der Waals surface area contributed by atoms with E-state index >= 15 is 0 Å². The van der Waals surface area contributed by atoms with E-state index in [1.807, 2.05) is 0 Å². The van der Waals surface area contributed by atoms with Gasteiger partial charge in [0.25, 0.3) is 0 Å². The first kappa shape index (κ1) is 23.2. The van der Waals surface area contributed by atoms with Crippen molar-refractivity contribution in [1.29, 1.82) is 0 Å². The van der Waals surface area contributed by atoms with E-state index in [9.17, 15) is 20.4 Å². The molecule has 25 heavy (non-hydrogen) atoms. The maximum absolute atomic E-state index is 9.94. The minimum absolute atomic E-state index is 0. The number of pyridine rings is 2. The third-order valence-corrected chi connectivity index (χ3v) is 5.92. The second-order valence-corrected chi connectivity index (χ2v) is 7.70. The molecule has 0 spiro atoms. The van der Waals surface area contributed by atoms with Crippen molar-refractivity contribution in [3.05, 3.63) is 46.0 Å². The predicted molar refractivity (Wildman–Crippen MR) is 103 cm³/mol. The molecule has 0 radical (unpaired) electrons. The van der Waals surface area contributed by atoms with E-state index in [4.69, 9.17) is 0 Å². The van der Waals surface area contributed by atoms with Crippen LogP contribution in [0.1, 0.15) is 33.6 Å². The van der Waals surface area contributed by atoms with Crippen molar-refractivity contribution >= 4 is 73.0 Å². The second-order valence-electron chi connectivity index (χ2n) is 5.23. The third kappa shape index (κ3) is 5.82. The molecule has 0 atom stereocenters. The van der Waals surface area contributed by atoms with Crippen LogP contribution in [0.15, 0.2) is 12.4 Å². The van der Waals surface area contributed by atoms with Crippen molar-refractivity contribution in [3.8, 4) is 11.5 Å². The Morgan fingerprint density at radius 2 is 1.16 bits per heavy atom. The summed E-state index contributed by atoms with van der Waals surface area (Å²) >= 11 is 0. The Labute approximate surface area is 197 Å². The summed E-state index contributed by atoms with van der Waals surface area (Å²) in [6.07, 6.45) is 3.32. The summed E-state index contributed by atoms with van der Waals surface area (Å²) in [6.45, 7) is 2.90. The van der Waals surface area contributed by atoms with Gasteiger partial charge in [0, 0.05) is 35.0 Å². The number of hydrogen-bond acceptors (Lipinski definition) is 8. The molecule has 2 aromatic heterocycles. The average molecular weight is 409 g/mol. The van der Waals surface area contributed by atoms with Gasteiger partial charge in [-0.05, 0) is 25.0 Å². The van der Waals surface area contributed by atoms with E-state index in [1.165, 1.54) is 21.6 Å². The molecule has 0 saturated heterocycles. The summed E-state index contributed by atoms with van der Waals surface area (Å²) in [5.74, 6) is 1.22. The van der Waals surface area contributed by atoms with Crippen LogP contribution in [0.5, 0.6) is 11.5 Å². The van der Waals surface area contributed by atoms with Gasteiger partial charge < -0.3 is 20.4 Å². The van der Waals surface area contributed by atoms with Gasteiger partial charge in [-0.2, -0.15) is 0 Å². The van der Waals surface area contributed by atoms with E-state index in [1.54, 1.807) is 26.2 Å². The fraction of sp³-hybridized carbons (Fsp3) is 0.375. The molecule has 0 saturated carbocycles. The number of aromatic nitrogens is 2. The summed E-state index contributed by atoms with van der Waals surface area (Å²) in [4.78, 5) is 8.23. The molecular weight excluding hydrogens is 387 g/mol. The molecule has 0 aliphatic heterocycles. The standard InChI is InChI=1S/C16H20N2O4S2.K.H/c1-9-15(21)13(5-19)11(3-17-9)7-23-24-8-12-4-18-10(2)16(22)14(12)6-20;;/h3-4,19-22H,5-8H2,1-2H3;;. The molecule has 0 bridgehead atoms.